The molecule has 106 valence electrons. The molecule has 0 saturated carbocycles. The lowest BCUT2D eigenvalue weighted by atomic mass is 9.86. The molecule has 2 aromatic carbocycles. The van der Waals surface area contributed by atoms with Crippen molar-refractivity contribution in [3.8, 4) is 0 Å². The van der Waals surface area contributed by atoms with E-state index in [9.17, 15) is 4.79 Å². The summed E-state index contributed by atoms with van der Waals surface area (Å²) in [7, 11) is 0. The molecule has 0 amide bonds. The van der Waals surface area contributed by atoms with Crippen molar-refractivity contribution in [1.82, 2.24) is 0 Å². The molecule has 0 spiro atoms. The van der Waals surface area contributed by atoms with Crippen LogP contribution < -0.4 is 0 Å². The molecule has 2 nitrogen and oxygen atoms in total. The first-order valence-corrected chi connectivity index (χ1v) is 7.09. The Morgan fingerprint density at radius 1 is 0.857 bits per heavy atom. The summed E-state index contributed by atoms with van der Waals surface area (Å²) in [6.45, 7) is 5.93. The van der Waals surface area contributed by atoms with Crippen LogP contribution in [0.3, 0.4) is 0 Å². The van der Waals surface area contributed by atoms with Crippen molar-refractivity contribution in [2.75, 3.05) is 0 Å². The van der Waals surface area contributed by atoms with E-state index in [1.165, 1.54) is 5.56 Å². The number of carbonyl (C=O) groups excluding carboxylic acids is 1. The van der Waals surface area contributed by atoms with Crippen molar-refractivity contribution in [3.63, 3.8) is 0 Å². The van der Waals surface area contributed by atoms with Crippen molar-refractivity contribution < 1.29 is 9.53 Å². The maximum Gasteiger partial charge on any atom is 0.340 e. The van der Waals surface area contributed by atoms with Gasteiger partial charge in [-0.15, -0.1) is 0 Å². The van der Waals surface area contributed by atoms with Crippen LogP contribution in [0.1, 0.15) is 30.5 Å². The number of esters is 1. The van der Waals surface area contributed by atoms with Crippen LogP contribution in [0.15, 0.2) is 54.6 Å². The van der Waals surface area contributed by atoms with Crippen LogP contribution >= 0.6 is 0 Å². The van der Waals surface area contributed by atoms with Gasteiger partial charge in [-0.2, -0.15) is 0 Å². The Kier molecular flexibility index (Phi) is 3.17. The largest absolute Gasteiger partial charge is 0.451 e. The molecule has 21 heavy (non-hydrogen) atoms. The maximum absolute atomic E-state index is 12.4. The topological polar surface area (TPSA) is 26.3 Å². The fraction of sp³-hybridized carbons (Fsp3) is 0.211. The minimum absolute atomic E-state index is 0.248. The smallest absolute Gasteiger partial charge is 0.340 e. The Bertz CT molecular complexity index is 707. The van der Waals surface area contributed by atoms with Crippen molar-refractivity contribution in [2.24, 2.45) is 0 Å². The number of ether oxygens (including phenoxy) is 1. The van der Waals surface area contributed by atoms with Crippen LogP contribution in [-0.4, -0.2) is 11.6 Å². The third kappa shape index (κ3) is 2.38. The summed E-state index contributed by atoms with van der Waals surface area (Å²) in [5.74, 6) is -0.248. The van der Waals surface area contributed by atoms with Crippen molar-refractivity contribution in [3.05, 3.63) is 71.3 Å². The predicted molar refractivity (Wildman–Crippen MR) is 84.6 cm³/mol. The van der Waals surface area contributed by atoms with Crippen LogP contribution in [-0.2, 0) is 9.53 Å². The Balaban J connectivity index is 2.25. The summed E-state index contributed by atoms with van der Waals surface area (Å²) < 4.78 is 5.60. The number of cyclic esters (lactones) is 1. The molecule has 1 aliphatic heterocycles. The average molecular weight is 278 g/mol. The van der Waals surface area contributed by atoms with Gasteiger partial charge in [0, 0.05) is 5.57 Å². The van der Waals surface area contributed by atoms with Gasteiger partial charge in [0.2, 0.25) is 0 Å². The molecular formula is C19H18O2. The van der Waals surface area contributed by atoms with Crippen LogP contribution in [0.2, 0.25) is 0 Å². The first kappa shape index (κ1) is 13.6. The molecule has 3 rings (SSSR count). The molecule has 0 fully saturated rings. The van der Waals surface area contributed by atoms with Gasteiger partial charge < -0.3 is 4.74 Å². The van der Waals surface area contributed by atoms with Gasteiger partial charge in [0.25, 0.3) is 0 Å². The van der Waals surface area contributed by atoms with Crippen LogP contribution in [0, 0.1) is 6.92 Å². The van der Waals surface area contributed by atoms with E-state index in [0.29, 0.717) is 5.57 Å². The van der Waals surface area contributed by atoms with Crippen molar-refractivity contribution in [1.29, 1.82) is 0 Å². The Labute approximate surface area is 125 Å². The summed E-state index contributed by atoms with van der Waals surface area (Å²) in [6.07, 6.45) is 0. The molecule has 0 atom stereocenters. The number of rotatable bonds is 2. The van der Waals surface area contributed by atoms with Crippen molar-refractivity contribution in [2.45, 2.75) is 26.4 Å². The predicted octanol–water partition coefficient (Wildman–Crippen LogP) is 4.24. The minimum Gasteiger partial charge on any atom is -0.451 e. The van der Waals surface area contributed by atoms with E-state index < -0.39 is 5.60 Å². The van der Waals surface area contributed by atoms with E-state index in [1.807, 2.05) is 44.2 Å². The highest BCUT2D eigenvalue weighted by molar-refractivity contribution is 6.28. The van der Waals surface area contributed by atoms with Gasteiger partial charge in [0.1, 0.15) is 5.60 Å². The molecule has 1 heterocycles. The lowest BCUT2D eigenvalue weighted by Gasteiger charge is -2.21. The average Bonchev–Trinajstić information content (AvgIpc) is 2.70. The van der Waals surface area contributed by atoms with Crippen LogP contribution in [0.5, 0.6) is 0 Å². The monoisotopic (exact) mass is 278 g/mol. The molecular weight excluding hydrogens is 260 g/mol. The highest BCUT2D eigenvalue weighted by Gasteiger charge is 2.41. The maximum atomic E-state index is 12.4. The fourth-order valence-corrected chi connectivity index (χ4v) is 2.82. The third-order valence-electron chi connectivity index (χ3n) is 3.81. The summed E-state index contributed by atoms with van der Waals surface area (Å²) in [4.78, 5) is 12.4. The Hall–Kier alpha value is -2.35. The molecule has 1 aliphatic rings. The highest BCUT2D eigenvalue weighted by Crippen LogP contribution is 2.43. The molecule has 0 bridgehead atoms. The molecule has 0 radical (unpaired) electrons. The lowest BCUT2D eigenvalue weighted by Crippen LogP contribution is -2.22. The lowest BCUT2D eigenvalue weighted by molar-refractivity contribution is -0.141. The van der Waals surface area contributed by atoms with E-state index >= 15 is 0 Å². The molecule has 0 saturated heterocycles. The van der Waals surface area contributed by atoms with Gasteiger partial charge >= 0.3 is 5.97 Å². The van der Waals surface area contributed by atoms with Gasteiger partial charge in [0.05, 0.1) is 5.57 Å². The second kappa shape index (κ2) is 4.88. The SMILES string of the molecule is Cc1ccc(C2=C(c3ccccc3)C(=O)OC2(C)C)cc1. The van der Waals surface area contributed by atoms with Gasteiger partial charge in [-0.3, -0.25) is 0 Å². The number of aryl methyl sites for hydroxylation is 1. The zero-order chi connectivity index (χ0) is 15.0. The van der Waals surface area contributed by atoms with E-state index in [2.05, 4.69) is 31.2 Å². The molecule has 0 unspecified atom stereocenters. The summed E-state index contributed by atoms with van der Waals surface area (Å²) in [6, 6.07) is 17.9. The second-order valence-corrected chi connectivity index (χ2v) is 5.88. The second-order valence-electron chi connectivity index (χ2n) is 5.88. The standard InChI is InChI=1S/C19H18O2/c1-13-9-11-15(12-10-13)17-16(14-7-5-4-6-8-14)18(20)21-19(17,2)3/h4-12H,1-3H3. The Morgan fingerprint density at radius 2 is 1.48 bits per heavy atom. The normalized spacial score (nSPS) is 17.0. The number of carbonyl (C=O) groups is 1. The molecule has 2 aromatic rings. The zero-order valence-corrected chi connectivity index (χ0v) is 12.5. The number of benzene rings is 2. The molecule has 0 aliphatic carbocycles. The van der Waals surface area contributed by atoms with E-state index in [1.54, 1.807) is 0 Å². The summed E-state index contributed by atoms with van der Waals surface area (Å²) >= 11 is 0. The zero-order valence-electron chi connectivity index (χ0n) is 12.5. The Morgan fingerprint density at radius 3 is 2.10 bits per heavy atom. The van der Waals surface area contributed by atoms with Crippen molar-refractivity contribution >= 4 is 17.1 Å². The third-order valence-corrected chi connectivity index (χ3v) is 3.81. The molecule has 2 heteroatoms. The molecule has 0 aromatic heterocycles. The van der Waals surface area contributed by atoms with E-state index in [-0.39, 0.29) is 5.97 Å². The van der Waals surface area contributed by atoms with Gasteiger partial charge in [-0.1, -0.05) is 60.2 Å². The van der Waals surface area contributed by atoms with Crippen LogP contribution in [0.4, 0.5) is 0 Å². The number of hydrogen-bond donors (Lipinski definition) is 0. The van der Waals surface area contributed by atoms with Gasteiger partial charge in [-0.25, -0.2) is 4.79 Å². The quantitative estimate of drug-likeness (QED) is 0.768. The first-order chi connectivity index (χ1) is 9.99. The summed E-state index contributed by atoms with van der Waals surface area (Å²) in [5, 5.41) is 0. The first-order valence-electron chi connectivity index (χ1n) is 7.09. The van der Waals surface area contributed by atoms with Crippen LogP contribution in [0.25, 0.3) is 11.1 Å². The molecule has 0 N–H and O–H groups in total. The minimum atomic E-state index is -0.614. The van der Waals surface area contributed by atoms with E-state index in [0.717, 1.165) is 16.7 Å². The highest BCUT2D eigenvalue weighted by atomic mass is 16.6. The van der Waals surface area contributed by atoms with Gasteiger partial charge in [0.15, 0.2) is 0 Å². The fourth-order valence-electron chi connectivity index (χ4n) is 2.82. The van der Waals surface area contributed by atoms with Gasteiger partial charge in [-0.05, 0) is 31.9 Å². The summed E-state index contributed by atoms with van der Waals surface area (Å²) in [5.41, 5.74) is 4.16. The number of hydrogen-bond acceptors (Lipinski definition) is 2. The van der Waals surface area contributed by atoms with E-state index in [4.69, 9.17) is 4.74 Å².